The van der Waals surface area contributed by atoms with E-state index in [2.05, 4.69) is 59.5 Å². The molecule has 0 spiro atoms. The van der Waals surface area contributed by atoms with Crippen LogP contribution in [0.3, 0.4) is 0 Å². The molecule has 220 valence electrons. The summed E-state index contributed by atoms with van der Waals surface area (Å²) in [5.74, 6) is -0.253. The van der Waals surface area contributed by atoms with Gasteiger partial charge >= 0.3 is 0 Å². The van der Waals surface area contributed by atoms with E-state index in [1.54, 1.807) is 18.3 Å². The number of aliphatic hydroxyl groups excluding tert-OH is 1. The molecular formula is C34H46FN3O2Si. The molecule has 0 aliphatic heterocycles. The molecule has 2 aliphatic rings. The predicted octanol–water partition coefficient (Wildman–Crippen LogP) is 8.45. The van der Waals surface area contributed by atoms with Gasteiger partial charge in [-0.3, -0.25) is 4.98 Å². The SMILES string of the molecule is CC(C)[Si](OC[C@@]1(CC(O)c2ccccn2)CCC2=Cc3c(cnn3-c3ccc(F)cc3)C[C@@]21C)(C(C)C)C(C)C. The molecule has 7 heteroatoms. The fourth-order valence-corrected chi connectivity index (χ4v) is 13.8. The molecule has 41 heavy (non-hydrogen) atoms. The van der Waals surface area contributed by atoms with Crippen molar-refractivity contribution in [2.24, 2.45) is 10.8 Å². The number of hydrogen-bond acceptors (Lipinski definition) is 4. The summed E-state index contributed by atoms with van der Waals surface area (Å²) >= 11 is 0. The Labute approximate surface area is 246 Å². The summed E-state index contributed by atoms with van der Waals surface area (Å²) in [7, 11) is -2.14. The lowest BCUT2D eigenvalue weighted by atomic mass is 9.59. The van der Waals surface area contributed by atoms with Gasteiger partial charge in [-0.15, -0.1) is 0 Å². The second kappa shape index (κ2) is 11.2. The minimum atomic E-state index is -2.14. The average molecular weight is 576 g/mol. The van der Waals surface area contributed by atoms with Gasteiger partial charge in [0.05, 0.1) is 29.4 Å². The van der Waals surface area contributed by atoms with Crippen molar-refractivity contribution in [3.63, 3.8) is 0 Å². The maximum atomic E-state index is 13.6. The zero-order chi connectivity index (χ0) is 29.6. The highest BCUT2D eigenvalue weighted by Crippen LogP contribution is 2.63. The normalized spacial score (nSPS) is 23.2. The minimum Gasteiger partial charge on any atom is -0.415 e. The number of halogens is 1. The van der Waals surface area contributed by atoms with Gasteiger partial charge in [0.1, 0.15) is 5.82 Å². The predicted molar refractivity (Wildman–Crippen MR) is 166 cm³/mol. The number of pyridine rings is 1. The lowest BCUT2D eigenvalue weighted by Gasteiger charge is -2.50. The Morgan fingerprint density at radius 1 is 1.02 bits per heavy atom. The quantitative estimate of drug-likeness (QED) is 0.246. The van der Waals surface area contributed by atoms with E-state index in [1.165, 1.54) is 23.3 Å². The lowest BCUT2D eigenvalue weighted by molar-refractivity contribution is -0.0119. The van der Waals surface area contributed by atoms with Gasteiger partial charge in [-0.2, -0.15) is 5.10 Å². The van der Waals surface area contributed by atoms with Gasteiger partial charge in [0.25, 0.3) is 0 Å². The molecular weight excluding hydrogens is 529 g/mol. The van der Waals surface area contributed by atoms with Crippen molar-refractivity contribution in [3.8, 4) is 5.69 Å². The molecule has 0 saturated heterocycles. The molecule has 3 atom stereocenters. The molecule has 2 aliphatic carbocycles. The number of aromatic nitrogens is 3. The van der Waals surface area contributed by atoms with Crippen LogP contribution in [0.4, 0.5) is 4.39 Å². The number of aliphatic hydroxyl groups is 1. The zero-order valence-electron chi connectivity index (χ0n) is 25.7. The van der Waals surface area contributed by atoms with Crippen LogP contribution in [0, 0.1) is 16.6 Å². The molecule has 1 unspecified atom stereocenters. The number of rotatable bonds is 10. The first-order valence-electron chi connectivity index (χ1n) is 15.2. The van der Waals surface area contributed by atoms with Crippen LogP contribution in [0.1, 0.15) is 90.8 Å². The average Bonchev–Trinajstić information content (AvgIpc) is 3.45. The smallest absolute Gasteiger partial charge is 0.200 e. The Kier molecular flexibility index (Phi) is 8.18. The van der Waals surface area contributed by atoms with Crippen molar-refractivity contribution in [2.75, 3.05) is 6.61 Å². The van der Waals surface area contributed by atoms with Crippen LogP contribution in [0.2, 0.25) is 16.6 Å². The number of fused-ring (bicyclic) bond motifs is 2. The Morgan fingerprint density at radius 3 is 2.32 bits per heavy atom. The number of hydrogen-bond donors (Lipinski definition) is 1. The summed E-state index contributed by atoms with van der Waals surface area (Å²) in [4.78, 5) is 4.51. The van der Waals surface area contributed by atoms with Gasteiger partial charge in [0.15, 0.2) is 8.32 Å². The summed E-state index contributed by atoms with van der Waals surface area (Å²) in [6.07, 6.45) is 8.68. The number of nitrogens with zero attached hydrogens (tertiary/aromatic N) is 3. The Morgan fingerprint density at radius 2 is 1.71 bits per heavy atom. The third-order valence-electron chi connectivity index (χ3n) is 10.5. The van der Waals surface area contributed by atoms with Crippen LogP contribution in [0.5, 0.6) is 0 Å². The molecule has 0 amide bonds. The molecule has 1 saturated carbocycles. The summed E-state index contributed by atoms with van der Waals surface area (Å²) in [5, 5.41) is 16.3. The van der Waals surface area contributed by atoms with E-state index in [0.29, 0.717) is 35.3 Å². The monoisotopic (exact) mass is 575 g/mol. The van der Waals surface area contributed by atoms with Crippen molar-refractivity contribution in [1.82, 2.24) is 14.8 Å². The van der Waals surface area contributed by atoms with Crippen molar-refractivity contribution < 1.29 is 13.9 Å². The lowest BCUT2D eigenvalue weighted by Crippen LogP contribution is -2.52. The summed E-state index contributed by atoms with van der Waals surface area (Å²) in [5.41, 5.74) is 6.20. The highest BCUT2D eigenvalue weighted by molar-refractivity contribution is 6.77. The molecule has 0 bridgehead atoms. The zero-order valence-corrected chi connectivity index (χ0v) is 26.7. The van der Waals surface area contributed by atoms with E-state index >= 15 is 0 Å². The highest BCUT2D eigenvalue weighted by atomic mass is 28.4. The highest BCUT2D eigenvalue weighted by Gasteiger charge is 2.58. The first-order valence-corrected chi connectivity index (χ1v) is 17.3. The largest absolute Gasteiger partial charge is 0.415 e. The second-order valence-electron chi connectivity index (χ2n) is 13.5. The van der Waals surface area contributed by atoms with E-state index in [4.69, 9.17) is 9.52 Å². The van der Waals surface area contributed by atoms with E-state index in [1.807, 2.05) is 29.1 Å². The van der Waals surface area contributed by atoms with E-state index in [-0.39, 0.29) is 16.6 Å². The molecule has 3 aromatic rings. The number of benzene rings is 1. The Hall–Kier alpha value is -2.61. The summed E-state index contributed by atoms with van der Waals surface area (Å²) in [6, 6.07) is 12.3. The van der Waals surface area contributed by atoms with Gasteiger partial charge in [0.2, 0.25) is 0 Å². The van der Waals surface area contributed by atoms with Crippen LogP contribution >= 0.6 is 0 Å². The third-order valence-corrected chi connectivity index (χ3v) is 16.5. The topological polar surface area (TPSA) is 60.2 Å². The van der Waals surface area contributed by atoms with Crippen molar-refractivity contribution in [3.05, 3.63) is 83.2 Å². The Bertz CT molecular complexity index is 1360. The van der Waals surface area contributed by atoms with Crippen molar-refractivity contribution in [1.29, 1.82) is 0 Å². The fraction of sp³-hybridized carbons (Fsp3) is 0.529. The first kappa shape index (κ1) is 29.9. The van der Waals surface area contributed by atoms with E-state index in [9.17, 15) is 9.50 Å². The summed E-state index contributed by atoms with van der Waals surface area (Å²) in [6.45, 7) is 17.0. The van der Waals surface area contributed by atoms with E-state index in [0.717, 1.165) is 30.6 Å². The van der Waals surface area contributed by atoms with Gasteiger partial charge in [-0.05, 0) is 90.3 Å². The standard InChI is InChI=1S/C34H46FN3O2Si/c1-23(2)41(24(3)4,25(5)6)40-22-34(20-32(39)30-10-8-9-17-36-30)16-15-27-18-31-26(19-33(27,34)7)21-37-38(31)29-13-11-28(35)12-14-29/h8-14,17-18,21,23-25,32,39H,15-16,19-20,22H2,1-7H3/t32?,33-,34-/m0/s1. The van der Waals surface area contributed by atoms with Crippen LogP contribution in [-0.4, -0.2) is 34.8 Å². The van der Waals surface area contributed by atoms with Crippen molar-refractivity contribution >= 4 is 14.4 Å². The van der Waals surface area contributed by atoms with Gasteiger partial charge in [-0.25, -0.2) is 9.07 Å². The molecule has 2 heterocycles. The summed E-state index contributed by atoms with van der Waals surface area (Å²) < 4.78 is 22.9. The maximum absolute atomic E-state index is 13.6. The van der Waals surface area contributed by atoms with Crippen LogP contribution in [-0.2, 0) is 10.8 Å². The Balaban J connectivity index is 1.55. The molecule has 0 radical (unpaired) electrons. The van der Waals surface area contributed by atoms with E-state index < -0.39 is 14.4 Å². The maximum Gasteiger partial charge on any atom is 0.200 e. The molecule has 5 nitrogen and oxygen atoms in total. The molecule has 1 aromatic carbocycles. The van der Waals surface area contributed by atoms with Crippen LogP contribution < -0.4 is 0 Å². The van der Waals surface area contributed by atoms with Gasteiger partial charge < -0.3 is 9.53 Å². The van der Waals surface area contributed by atoms with Crippen LogP contribution in [0.25, 0.3) is 11.8 Å². The second-order valence-corrected chi connectivity index (χ2v) is 18.9. The molecule has 1 N–H and O–H groups in total. The fourth-order valence-electron chi connectivity index (χ4n) is 8.24. The molecule has 5 rings (SSSR count). The first-order chi connectivity index (χ1) is 19.4. The van der Waals surface area contributed by atoms with Gasteiger partial charge in [0, 0.05) is 23.6 Å². The number of allylic oxidation sites excluding steroid dienone is 1. The van der Waals surface area contributed by atoms with Crippen LogP contribution in [0.15, 0.2) is 60.4 Å². The third kappa shape index (κ3) is 5.04. The molecule has 2 aromatic heterocycles. The molecule has 1 fully saturated rings. The van der Waals surface area contributed by atoms with Crippen molar-refractivity contribution in [2.45, 2.75) is 96.9 Å². The minimum absolute atomic E-state index is 0.197. The van der Waals surface area contributed by atoms with Gasteiger partial charge in [-0.1, -0.05) is 60.1 Å².